The van der Waals surface area contributed by atoms with Crippen LogP contribution in [0, 0.1) is 6.92 Å². The molecule has 2 aromatic heterocycles. The van der Waals surface area contributed by atoms with Crippen molar-refractivity contribution in [1.29, 1.82) is 0 Å². The van der Waals surface area contributed by atoms with Gasteiger partial charge in [0.2, 0.25) is 0 Å². The number of ether oxygens (including phenoxy) is 1. The van der Waals surface area contributed by atoms with Crippen LogP contribution in [0.1, 0.15) is 11.3 Å². The largest absolute Gasteiger partial charge is 0.489 e. The van der Waals surface area contributed by atoms with Crippen LogP contribution in [0.4, 0.5) is 0 Å². The first-order valence-corrected chi connectivity index (χ1v) is 9.42. The van der Waals surface area contributed by atoms with Gasteiger partial charge >= 0.3 is 5.63 Å². The molecule has 0 fully saturated rings. The van der Waals surface area contributed by atoms with Crippen molar-refractivity contribution in [3.8, 4) is 16.3 Å². The van der Waals surface area contributed by atoms with Crippen molar-refractivity contribution in [3.05, 3.63) is 87.7 Å². The second-order valence-electron chi connectivity index (χ2n) is 6.07. The van der Waals surface area contributed by atoms with Crippen molar-refractivity contribution >= 4 is 28.4 Å². The molecule has 0 saturated carbocycles. The number of fused-ring (bicyclic) bond motifs is 1. The van der Waals surface area contributed by atoms with Gasteiger partial charge < -0.3 is 9.15 Å². The number of hydrogen-bond donors (Lipinski definition) is 0. The third-order valence-corrected chi connectivity index (χ3v) is 5.01. The van der Waals surface area contributed by atoms with Gasteiger partial charge in [0.05, 0.1) is 5.56 Å². The van der Waals surface area contributed by atoms with Crippen LogP contribution in [0.5, 0.6) is 5.75 Å². The minimum atomic E-state index is -0.391. The number of thiazole rings is 1. The average Bonchev–Trinajstić information content (AvgIpc) is 3.11. The molecule has 0 bridgehead atoms. The lowest BCUT2D eigenvalue weighted by atomic mass is 10.2. The highest BCUT2D eigenvalue weighted by Gasteiger charge is 2.11. The highest BCUT2D eigenvalue weighted by molar-refractivity contribution is 7.13. The van der Waals surface area contributed by atoms with Crippen molar-refractivity contribution in [2.75, 3.05) is 6.61 Å². The molecule has 2 aromatic carbocycles. The number of rotatable bonds is 5. The van der Waals surface area contributed by atoms with Crippen molar-refractivity contribution in [2.45, 2.75) is 6.92 Å². The Morgan fingerprint density at radius 1 is 1.15 bits per heavy atom. The van der Waals surface area contributed by atoms with Gasteiger partial charge in [0.15, 0.2) is 0 Å². The zero-order valence-electron chi connectivity index (χ0n) is 14.7. The van der Waals surface area contributed by atoms with Crippen molar-refractivity contribution in [1.82, 2.24) is 4.98 Å². The molecule has 27 heavy (non-hydrogen) atoms. The SMILES string of the molecule is Cc1csc(-c2cc3ccc(OC/C=C/c4ccccc4)cc3oc2=O)n1. The Balaban J connectivity index is 1.52. The number of nitrogens with zero attached hydrogens (tertiary/aromatic N) is 1. The molecule has 134 valence electrons. The Morgan fingerprint density at radius 3 is 2.78 bits per heavy atom. The standard InChI is InChI=1S/C22H17NO3S/c1-15-14-27-21(23-15)19-12-17-9-10-18(13-20(17)26-22(19)24)25-11-5-8-16-6-3-2-4-7-16/h2-10,12-14H,11H2,1H3/b8-5+. The molecule has 4 rings (SSSR count). The van der Waals surface area contributed by atoms with Crippen molar-refractivity contribution in [2.24, 2.45) is 0 Å². The van der Waals surface area contributed by atoms with Gasteiger partial charge in [-0.15, -0.1) is 11.3 Å². The van der Waals surface area contributed by atoms with Gasteiger partial charge in [-0.3, -0.25) is 0 Å². The third-order valence-electron chi connectivity index (χ3n) is 4.01. The van der Waals surface area contributed by atoms with E-state index >= 15 is 0 Å². The zero-order valence-corrected chi connectivity index (χ0v) is 15.5. The molecule has 0 aliphatic heterocycles. The Kier molecular flexibility index (Phi) is 4.85. The van der Waals surface area contributed by atoms with Gasteiger partial charge in [-0.05, 0) is 36.8 Å². The van der Waals surface area contributed by atoms with Crippen LogP contribution in [0.25, 0.3) is 27.6 Å². The van der Waals surface area contributed by atoms with E-state index in [4.69, 9.17) is 9.15 Å². The highest BCUT2D eigenvalue weighted by atomic mass is 32.1. The summed E-state index contributed by atoms with van der Waals surface area (Å²) in [5, 5.41) is 3.43. The topological polar surface area (TPSA) is 52.3 Å². The van der Waals surface area contributed by atoms with Crippen LogP contribution in [-0.4, -0.2) is 11.6 Å². The molecular weight excluding hydrogens is 358 g/mol. The van der Waals surface area contributed by atoms with Gasteiger partial charge in [0.1, 0.15) is 22.9 Å². The maximum atomic E-state index is 12.3. The lowest BCUT2D eigenvalue weighted by Crippen LogP contribution is -2.02. The fourth-order valence-electron chi connectivity index (χ4n) is 2.70. The summed E-state index contributed by atoms with van der Waals surface area (Å²) in [6, 6.07) is 17.3. The zero-order chi connectivity index (χ0) is 18.6. The van der Waals surface area contributed by atoms with Crippen LogP contribution >= 0.6 is 11.3 Å². The van der Waals surface area contributed by atoms with Gasteiger partial charge in [-0.1, -0.05) is 36.4 Å². The van der Waals surface area contributed by atoms with Crippen LogP contribution < -0.4 is 10.4 Å². The molecule has 4 nitrogen and oxygen atoms in total. The lowest BCUT2D eigenvalue weighted by Gasteiger charge is -2.05. The number of benzene rings is 2. The maximum absolute atomic E-state index is 12.3. The molecule has 0 N–H and O–H groups in total. The van der Waals surface area contributed by atoms with E-state index in [1.165, 1.54) is 11.3 Å². The van der Waals surface area contributed by atoms with E-state index in [1.54, 1.807) is 6.07 Å². The summed E-state index contributed by atoms with van der Waals surface area (Å²) in [6.45, 7) is 2.33. The van der Waals surface area contributed by atoms with E-state index in [0.717, 1.165) is 16.6 Å². The molecule has 0 amide bonds. The summed E-state index contributed by atoms with van der Waals surface area (Å²) in [5.41, 5.74) is 2.61. The quantitative estimate of drug-likeness (QED) is 0.443. The first-order chi connectivity index (χ1) is 13.2. The van der Waals surface area contributed by atoms with E-state index in [1.807, 2.05) is 73.0 Å². The fourth-order valence-corrected chi connectivity index (χ4v) is 3.50. The van der Waals surface area contributed by atoms with Crippen LogP contribution in [0.2, 0.25) is 0 Å². The van der Waals surface area contributed by atoms with Gasteiger partial charge in [-0.2, -0.15) is 0 Å². The first kappa shape index (κ1) is 17.2. The van der Waals surface area contributed by atoms with E-state index in [2.05, 4.69) is 4.98 Å². The summed E-state index contributed by atoms with van der Waals surface area (Å²) < 4.78 is 11.2. The molecule has 2 heterocycles. The summed E-state index contributed by atoms with van der Waals surface area (Å²) in [6.07, 6.45) is 3.95. The molecule has 5 heteroatoms. The number of aromatic nitrogens is 1. The summed E-state index contributed by atoms with van der Waals surface area (Å²) in [7, 11) is 0. The van der Waals surface area contributed by atoms with Gasteiger partial charge in [-0.25, -0.2) is 9.78 Å². The summed E-state index contributed by atoms with van der Waals surface area (Å²) in [5.74, 6) is 0.654. The number of aryl methyl sites for hydroxylation is 1. The van der Waals surface area contributed by atoms with E-state index in [-0.39, 0.29) is 0 Å². The smallest absolute Gasteiger partial charge is 0.346 e. The summed E-state index contributed by atoms with van der Waals surface area (Å²) in [4.78, 5) is 16.7. The first-order valence-electron chi connectivity index (χ1n) is 8.54. The predicted molar refractivity (Wildman–Crippen MR) is 109 cm³/mol. The van der Waals surface area contributed by atoms with Crippen molar-refractivity contribution < 1.29 is 9.15 Å². The molecule has 0 radical (unpaired) electrons. The molecule has 0 spiro atoms. The van der Waals surface area contributed by atoms with Crippen LogP contribution in [0.3, 0.4) is 0 Å². The number of hydrogen-bond acceptors (Lipinski definition) is 5. The minimum absolute atomic E-state index is 0.391. The molecule has 0 unspecified atom stereocenters. The van der Waals surface area contributed by atoms with Crippen molar-refractivity contribution in [3.63, 3.8) is 0 Å². The van der Waals surface area contributed by atoms with Crippen LogP contribution in [0.15, 0.2) is 75.3 Å². The molecule has 0 saturated heterocycles. The second kappa shape index (κ2) is 7.60. The monoisotopic (exact) mass is 375 g/mol. The van der Waals surface area contributed by atoms with E-state index in [0.29, 0.717) is 28.5 Å². The molecule has 0 aliphatic carbocycles. The van der Waals surface area contributed by atoms with Crippen LogP contribution in [-0.2, 0) is 0 Å². The minimum Gasteiger partial charge on any atom is -0.489 e. The molecule has 0 atom stereocenters. The van der Waals surface area contributed by atoms with E-state index < -0.39 is 5.63 Å². The van der Waals surface area contributed by atoms with Gasteiger partial charge in [0.25, 0.3) is 0 Å². The highest BCUT2D eigenvalue weighted by Crippen LogP contribution is 2.26. The Labute approximate surface area is 160 Å². The Bertz CT molecular complexity index is 1160. The van der Waals surface area contributed by atoms with Gasteiger partial charge in [0, 0.05) is 22.5 Å². The van der Waals surface area contributed by atoms with E-state index in [9.17, 15) is 4.79 Å². The maximum Gasteiger partial charge on any atom is 0.346 e. The Morgan fingerprint density at radius 2 is 2.00 bits per heavy atom. The molecule has 4 aromatic rings. The summed E-state index contributed by atoms with van der Waals surface area (Å²) >= 11 is 1.44. The lowest BCUT2D eigenvalue weighted by molar-refractivity contribution is 0.363. The molecule has 0 aliphatic rings. The molecular formula is C22H17NO3S. The average molecular weight is 375 g/mol. The third kappa shape index (κ3) is 3.99. The second-order valence-corrected chi connectivity index (χ2v) is 6.92. The Hall–Kier alpha value is -3.18. The predicted octanol–water partition coefficient (Wildman–Crippen LogP) is 5.32. The normalized spacial score (nSPS) is 11.3. The fraction of sp³-hybridized carbons (Fsp3) is 0.0909.